The van der Waals surface area contributed by atoms with E-state index < -0.39 is 0 Å². The van der Waals surface area contributed by atoms with Gasteiger partial charge in [-0.15, -0.1) is 0 Å². The van der Waals surface area contributed by atoms with Gasteiger partial charge in [-0.3, -0.25) is 0 Å². The summed E-state index contributed by atoms with van der Waals surface area (Å²) in [6, 6.07) is 1.82. The summed E-state index contributed by atoms with van der Waals surface area (Å²) >= 11 is 0. The van der Waals surface area contributed by atoms with Crippen LogP contribution in [0.4, 0.5) is 0 Å². The Bertz CT molecular complexity index is 286. The van der Waals surface area contributed by atoms with Crippen molar-refractivity contribution in [3.05, 3.63) is 11.8 Å². The predicted molar refractivity (Wildman–Crippen MR) is 59.1 cm³/mol. The summed E-state index contributed by atoms with van der Waals surface area (Å²) in [6.07, 6.45) is 1.34. The molecule has 2 rings (SSSR count). The molecule has 1 aliphatic rings. The smallest absolute Gasteiger partial charge is 0.254 e. The summed E-state index contributed by atoms with van der Waals surface area (Å²) in [5.74, 6) is 1.40. The minimum absolute atomic E-state index is 0.273. The fraction of sp³-hybridized carbons (Fsp3) is 0.727. The van der Waals surface area contributed by atoms with Crippen LogP contribution in [0.15, 0.2) is 10.6 Å². The topological polar surface area (TPSA) is 38.5 Å². The number of rotatable bonds is 2. The normalized spacial score (nSPS) is 20.9. The molecule has 15 heavy (non-hydrogen) atoms. The Hall–Kier alpha value is -1.03. The van der Waals surface area contributed by atoms with Crippen molar-refractivity contribution < 1.29 is 9.26 Å². The molecule has 0 spiro atoms. The number of aromatic nitrogens is 1. The summed E-state index contributed by atoms with van der Waals surface area (Å²) in [5, 5.41) is 3.79. The molecular weight excluding hydrogens is 192 g/mol. The molecule has 4 nitrogen and oxygen atoms in total. The lowest BCUT2D eigenvalue weighted by molar-refractivity contribution is 0.189. The van der Waals surface area contributed by atoms with Crippen molar-refractivity contribution in [3.8, 4) is 5.88 Å². The molecule has 4 heteroatoms. The van der Waals surface area contributed by atoms with E-state index in [1.165, 1.54) is 0 Å². The van der Waals surface area contributed by atoms with Crippen molar-refractivity contribution >= 4 is 0 Å². The highest BCUT2D eigenvalue weighted by molar-refractivity contribution is 5.10. The van der Waals surface area contributed by atoms with Crippen LogP contribution in [-0.4, -0.2) is 36.3 Å². The molecule has 0 saturated carbocycles. The molecule has 1 aromatic rings. The third kappa shape index (κ3) is 3.55. The second-order valence-electron chi connectivity index (χ2n) is 3.57. The Morgan fingerprint density at radius 1 is 1.53 bits per heavy atom. The Morgan fingerprint density at radius 3 is 2.73 bits per heavy atom. The lowest BCUT2D eigenvalue weighted by Gasteiger charge is -2.10. The summed E-state index contributed by atoms with van der Waals surface area (Å²) in [5.41, 5.74) is 0. The summed E-state index contributed by atoms with van der Waals surface area (Å²) in [6.45, 7) is 7.94. The van der Waals surface area contributed by atoms with Crippen LogP contribution in [-0.2, 0) is 0 Å². The van der Waals surface area contributed by atoms with Gasteiger partial charge in [0, 0.05) is 19.2 Å². The van der Waals surface area contributed by atoms with Crippen LogP contribution < -0.4 is 4.74 Å². The third-order valence-corrected chi connectivity index (χ3v) is 2.24. The van der Waals surface area contributed by atoms with E-state index in [2.05, 4.69) is 17.1 Å². The van der Waals surface area contributed by atoms with Gasteiger partial charge < -0.3 is 14.2 Å². The molecule has 0 N–H and O–H groups in total. The lowest BCUT2D eigenvalue weighted by atomic mass is 10.3. The Balaban J connectivity index is 0.000000531. The minimum Gasteiger partial charge on any atom is -0.471 e. The van der Waals surface area contributed by atoms with Crippen LogP contribution in [0.25, 0.3) is 0 Å². The van der Waals surface area contributed by atoms with Gasteiger partial charge >= 0.3 is 0 Å². The van der Waals surface area contributed by atoms with Gasteiger partial charge in [0.25, 0.3) is 5.88 Å². The molecule has 1 unspecified atom stereocenters. The molecule has 0 radical (unpaired) electrons. The first-order valence-electron chi connectivity index (χ1n) is 5.52. The van der Waals surface area contributed by atoms with Gasteiger partial charge in [0.2, 0.25) is 0 Å². The largest absolute Gasteiger partial charge is 0.471 e. The molecule has 1 fully saturated rings. The van der Waals surface area contributed by atoms with E-state index in [4.69, 9.17) is 9.26 Å². The van der Waals surface area contributed by atoms with E-state index in [0.29, 0.717) is 5.88 Å². The maximum absolute atomic E-state index is 5.62. The van der Waals surface area contributed by atoms with Crippen molar-refractivity contribution in [2.24, 2.45) is 0 Å². The first-order valence-corrected chi connectivity index (χ1v) is 5.52. The number of nitrogens with zero attached hydrogens (tertiary/aromatic N) is 2. The van der Waals surface area contributed by atoms with E-state index in [9.17, 15) is 0 Å². The first-order chi connectivity index (χ1) is 7.24. The third-order valence-electron chi connectivity index (χ3n) is 2.24. The van der Waals surface area contributed by atoms with Crippen LogP contribution in [0.2, 0.25) is 0 Å². The highest BCUT2D eigenvalue weighted by Crippen LogP contribution is 2.16. The highest BCUT2D eigenvalue weighted by atomic mass is 16.5. The number of likely N-dealkylation sites (N-methyl/N-ethyl adjacent to an activating group) is 1. The average Bonchev–Trinajstić information content (AvgIpc) is 2.80. The number of hydrogen-bond acceptors (Lipinski definition) is 4. The van der Waals surface area contributed by atoms with Crippen LogP contribution in [0.5, 0.6) is 5.88 Å². The predicted octanol–water partition coefficient (Wildman–Crippen LogP) is 2.09. The van der Waals surface area contributed by atoms with Gasteiger partial charge in [-0.1, -0.05) is 13.8 Å². The molecule has 1 saturated heterocycles. The maximum Gasteiger partial charge on any atom is 0.254 e. The average molecular weight is 212 g/mol. The Kier molecular flexibility index (Phi) is 4.62. The number of hydrogen-bond donors (Lipinski definition) is 0. The first kappa shape index (κ1) is 12.0. The van der Waals surface area contributed by atoms with E-state index in [0.717, 1.165) is 25.3 Å². The van der Waals surface area contributed by atoms with E-state index in [1.54, 1.807) is 0 Å². The fourth-order valence-electron chi connectivity index (χ4n) is 1.56. The van der Waals surface area contributed by atoms with Crippen LogP contribution in [0, 0.1) is 6.92 Å². The van der Waals surface area contributed by atoms with Crippen molar-refractivity contribution in [1.82, 2.24) is 10.1 Å². The maximum atomic E-state index is 5.62. The molecule has 0 aliphatic carbocycles. The van der Waals surface area contributed by atoms with Crippen molar-refractivity contribution in [2.75, 3.05) is 20.1 Å². The van der Waals surface area contributed by atoms with E-state index in [1.807, 2.05) is 26.8 Å². The lowest BCUT2D eigenvalue weighted by Crippen LogP contribution is -2.21. The zero-order valence-electron chi connectivity index (χ0n) is 9.99. The molecule has 0 aromatic carbocycles. The standard InChI is InChI=1S/C9H14N2O2.C2H6/c1-7-5-9(10-13-7)12-8-3-4-11(2)6-8;1-2/h5,8H,3-4,6H2,1-2H3;1-2H3. The van der Waals surface area contributed by atoms with Crippen molar-refractivity contribution in [2.45, 2.75) is 33.3 Å². The van der Waals surface area contributed by atoms with Crippen LogP contribution in [0.1, 0.15) is 26.0 Å². The minimum atomic E-state index is 0.273. The molecule has 1 atom stereocenters. The van der Waals surface area contributed by atoms with E-state index in [-0.39, 0.29) is 6.10 Å². The Morgan fingerprint density at radius 2 is 2.27 bits per heavy atom. The van der Waals surface area contributed by atoms with Crippen LogP contribution >= 0.6 is 0 Å². The van der Waals surface area contributed by atoms with Crippen LogP contribution in [0.3, 0.4) is 0 Å². The van der Waals surface area contributed by atoms with Gasteiger partial charge in [0.15, 0.2) is 0 Å². The molecular formula is C11H20N2O2. The number of ether oxygens (including phenoxy) is 1. The fourth-order valence-corrected chi connectivity index (χ4v) is 1.56. The van der Waals surface area contributed by atoms with Gasteiger partial charge in [-0.2, -0.15) is 0 Å². The summed E-state index contributed by atoms with van der Waals surface area (Å²) in [7, 11) is 2.09. The second kappa shape index (κ2) is 5.75. The SMILES string of the molecule is CC.Cc1cc(OC2CCN(C)C2)no1. The quantitative estimate of drug-likeness (QED) is 0.752. The molecule has 0 bridgehead atoms. The number of aryl methyl sites for hydroxylation is 1. The molecule has 1 aliphatic heterocycles. The zero-order chi connectivity index (χ0) is 11.3. The van der Waals surface area contributed by atoms with Gasteiger partial charge in [-0.25, -0.2) is 0 Å². The van der Waals surface area contributed by atoms with Gasteiger partial charge in [0.1, 0.15) is 11.9 Å². The molecule has 1 aromatic heterocycles. The Labute approximate surface area is 91.2 Å². The second-order valence-corrected chi connectivity index (χ2v) is 3.57. The molecule has 0 amide bonds. The molecule has 2 heterocycles. The monoisotopic (exact) mass is 212 g/mol. The summed E-state index contributed by atoms with van der Waals surface area (Å²) in [4.78, 5) is 2.25. The highest BCUT2D eigenvalue weighted by Gasteiger charge is 2.21. The van der Waals surface area contributed by atoms with Crippen molar-refractivity contribution in [3.63, 3.8) is 0 Å². The number of likely N-dealkylation sites (tertiary alicyclic amines) is 1. The molecule has 86 valence electrons. The zero-order valence-corrected chi connectivity index (χ0v) is 9.99. The van der Waals surface area contributed by atoms with Gasteiger partial charge in [0.05, 0.1) is 0 Å². The van der Waals surface area contributed by atoms with Gasteiger partial charge in [-0.05, 0) is 25.5 Å². The van der Waals surface area contributed by atoms with Crippen molar-refractivity contribution in [1.29, 1.82) is 0 Å². The van der Waals surface area contributed by atoms with E-state index >= 15 is 0 Å². The summed E-state index contributed by atoms with van der Waals surface area (Å²) < 4.78 is 10.5.